The molecule has 1 aliphatic heterocycles. The van der Waals surface area contributed by atoms with Crippen molar-refractivity contribution < 1.29 is 19.2 Å². The maximum absolute atomic E-state index is 10.6. The van der Waals surface area contributed by atoms with Crippen molar-refractivity contribution in [2.24, 2.45) is 5.92 Å². The zero-order valence-electron chi connectivity index (χ0n) is 11.4. The lowest BCUT2D eigenvalue weighted by atomic mass is 9.95. The van der Waals surface area contributed by atoms with Crippen LogP contribution in [0.5, 0.6) is 0 Å². The van der Waals surface area contributed by atoms with Gasteiger partial charge in [0.25, 0.3) is 0 Å². The fourth-order valence-electron chi connectivity index (χ4n) is 2.33. The minimum absolute atomic E-state index is 0.0223. The van der Waals surface area contributed by atoms with E-state index in [0.29, 0.717) is 18.1 Å². The van der Waals surface area contributed by atoms with Gasteiger partial charge in [0.05, 0.1) is 0 Å². The Bertz CT molecular complexity index is 438. The summed E-state index contributed by atoms with van der Waals surface area (Å²) in [7, 11) is 0. The first kappa shape index (κ1) is 14.0. The van der Waals surface area contributed by atoms with Gasteiger partial charge in [0.15, 0.2) is 0 Å². The third-order valence-corrected chi connectivity index (χ3v) is 3.46. The number of aliphatic carboxylic acids is 1. The number of carbonyl (C=O) groups is 1. The van der Waals surface area contributed by atoms with Gasteiger partial charge in [-0.1, -0.05) is 12.1 Å². The lowest BCUT2D eigenvalue weighted by Gasteiger charge is -2.30. The molecule has 2 unspecified atom stereocenters. The number of rotatable bonds is 5. The molecule has 0 amide bonds. The van der Waals surface area contributed by atoms with Crippen molar-refractivity contribution in [1.82, 2.24) is 10.1 Å². The second-order valence-corrected chi connectivity index (χ2v) is 5.46. The Balaban J connectivity index is 2.00. The van der Waals surface area contributed by atoms with Gasteiger partial charge in [-0.2, -0.15) is 4.98 Å². The lowest BCUT2D eigenvalue weighted by Crippen LogP contribution is -2.31. The summed E-state index contributed by atoms with van der Waals surface area (Å²) in [6.45, 7) is 4.55. The molecule has 1 N–H and O–H groups in total. The highest BCUT2D eigenvalue weighted by molar-refractivity contribution is 5.66. The maximum atomic E-state index is 10.6. The van der Waals surface area contributed by atoms with E-state index in [4.69, 9.17) is 14.4 Å². The average molecular weight is 268 g/mol. The molecule has 2 atom stereocenters. The fourth-order valence-corrected chi connectivity index (χ4v) is 2.33. The summed E-state index contributed by atoms with van der Waals surface area (Å²) >= 11 is 0. The fraction of sp³-hybridized carbons (Fsp3) is 0.769. The quantitative estimate of drug-likeness (QED) is 0.880. The third-order valence-electron chi connectivity index (χ3n) is 3.46. The van der Waals surface area contributed by atoms with Gasteiger partial charge in [-0.25, -0.2) is 0 Å². The number of nitrogens with zero attached hydrogens (tertiary/aromatic N) is 2. The summed E-state index contributed by atoms with van der Waals surface area (Å²) in [5.41, 5.74) is -0.462. The Hall–Kier alpha value is -1.43. The van der Waals surface area contributed by atoms with Crippen LogP contribution in [-0.2, 0) is 21.6 Å². The van der Waals surface area contributed by atoms with Gasteiger partial charge in [-0.15, -0.1) is 0 Å². The van der Waals surface area contributed by atoms with Crippen LogP contribution in [0.4, 0.5) is 0 Å². The molecule has 0 saturated carbocycles. The molecule has 6 heteroatoms. The highest BCUT2D eigenvalue weighted by Crippen LogP contribution is 2.32. The molecule has 6 nitrogen and oxygen atoms in total. The number of aromatic nitrogens is 2. The molecule has 0 aliphatic carbocycles. The summed E-state index contributed by atoms with van der Waals surface area (Å²) in [6.07, 6.45) is 3.63. The Morgan fingerprint density at radius 3 is 2.95 bits per heavy atom. The van der Waals surface area contributed by atoms with Crippen LogP contribution in [0.25, 0.3) is 0 Å². The highest BCUT2D eigenvalue weighted by Gasteiger charge is 2.35. The Morgan fingerprint density at radius 1 is 1.53 bits per heavy atom. The van der Waals surface area contributed by atoms with Gasteiger partial charge in [-0.05, 0) is 32.1 Å². The third kappa shape index (κ3) is 3.53. The van der Waals surface area contributed by atoms with Crippen LogP contribution < -0.4 is 0 Å². The van der Waals surface area contributed by atoms with Gasteiger partial charge in [-0.3, -0.25) is 4.79 Å². The van der Waals surface area contributed by atoms with Crippen LogP contribution in [-0.4, -0.2) is 27.8 Å². The van der Waals surface area contributed by atoms with E-state index >= 15 is 0 Å². The van der Waals surface area contributed by atoms with Crippen molar-refractivity contribution in [3.05, 3.63) is 11.7 Å². The molecule has 1 saturated heterocycles. The molecule has 106 valence electrons. The van der Waals surface area contributed by atoms with Crippen molar-refractivity contribution >= 4 is 5.97 Å². The predicted octanol–water partition coefficient (Wildman–Crippen LogP) is 2.14. The van der Waals surface area contributed by atoms with Crippen LogP contribution in [0.15, 0.2) is 4.52 Å². The molecule has 19 heavy (non-hydrogen) atoms. The van der Waals surface area contributed by atoms with E-state index in [-0.39, 0.29) is 12.3 Å². The molecule has 0 spiro atoms. The number of carboxylic acids is 1. The summed E-state index contributed by atoms with van der Waals surface area (Å²) in [5.74, 6) is 0.226. The normalized spacial score (nSPS) is 25.2. The molecular formula is C13H20N2O4. The summed E-state index contributed by atoms with van der Waals surface area (Å²) < 4.78 is 11.0. The summed E-state index contributed by atoms with van der Waals surface area (Å²) in [4.78, 5) is 15.0. The van der Waals surface area contributed by atoms with E-state index in [0.717, 1.165) is 25.9 Å². The first-order valence-electron chi connectivity index (χ1n) is 6.68. The second-order valence-electron chi connectivity index (χ2n) is 5.46. The van der Waals surface area contributed by atoms with Crippen LogP contribution >= 0.6 is 0 Å². The topological polar surface area (TPSA) is 85.5 Å². The van der Waals surface area contributed by atoms with E-state index < -0.39 is 11.6 Å². The first-order chi connectivity index (χ1) is 8.99. The zero-order chi connectivity index (χ0) is 13.9. The van der Waals surface area contributed by atoms with Crippen LogP contribution in [0, 0.1) is 5.92 Å². The molecule has 0 bridgehead atoms. The molecule has 1 fully saturated rings. The Labute approximate surface area is 112 Å². The SMILES string of the molecule is CC(CC(=O)O)Cc1nc(C2(C)CCCCO2)no1. The van der Waals surface area contributed by atoms with E-state index in [1.165, 1.54) is 0 Å². The molecular weight excluding hydrogens is 248 g/mol. The van der Waals surface area contributed by atoms with Crippen molar-refractivity contribution in [3.63, 3.8) is 0 Å². The smallest absolute Gasteiger partial charge is 0.303 e. The Kier molecular flexibility index (Phi) is 4.19. The van der Waals surface area contributed by atoms with Crippen LogP contribution in [0.3, 0.4) is 0 Å². The molecule has 1 aromatic rings. The maximum Gasteiger partial charge on any atom is 0.303 e. The van der Waals surface area contributed by atoms with Crippen molar-refractivity contribution in [2.75, 3.05) is 6.61 Å². The van der Waals surface area contributed by atoms with E-state index in [9.17, 15) is 4.79 Å². The van der Waals surface area contributed by atoms with Gasteiger partial charge in [0.2, 0.25) is 11.7 Å². The van der Waals surface area contributed by atoms with Crippen LogP contribution in [0.1, 0.15) is 51.2 Å². The molecule has 1 aliphatic rings. The lowest BCUT2D eigenvalue weighted by molar-refractivity contribution is -0.137. The highest BCUT2D eigenvalue weighted by atomic mass is 16.5. The molecule has 0 aromatic carbocycles. The monoisotopic (exact) mass is 268 g/mol. The molecule has 2 heterocycles. The predicted molar refractivity (Wildman–Crippen MR) is 66.6 cm³/mol. The minimum atomic E-state index is -0.810. The molecule has 2 rings (SSSR count). The van der Waals surface area contributed by atoms with E-state index in [2.05, 4.69) is 10.1 Å². The zero-order valence-corrected chi connectivity index (χ0v) is 11.4. The number of hydrogen-bond acceptors (Lipinski definition) is 5. The first-order valence-corrected chi connectivity index (χ1v) is 6.68. The van der Waals surface area contributed by atoms with Crippen LogP contribution in [0.2, 0.25) is 0 Å². The second kappa shape index (κ2) is 5.69. The van der Waals surface area contributed by atoms with Crippen molar-refractivity contribution in [3.8, 4) is 0 Å². The van der Waals surface area contributed by atoms with Gasteiger partial charge in [0.1, 0.15) is 5.60 Å². The molecule has 0 radical (unpaired) electrons. The summed E-state index contributed by atoms with van der Waals surface area (Å²) in [6, 6.07) is 0. The van der Waals surface area contributed by atoms with Gasteiger partial charge < -0.3 is 14.4 Å². The Morgan fingerprint density at radius 2 is 2.32 bits per heavy atom. The van der Waals surface area contributed by atoms with E-state index in [1.54, 1.807) is 0 Å². The number of hydrogen-bond donors (Lipinski definition) is 1. The minimum Gasteiger partial charge on any atom is -0.481 e. The number of carboxylic acid groups (broad SMARTS) is 1. The van der Waals surface area contributed by atoms with Gasteiger partial charge in [0, 0.05) is 19.4 Å². The largest absolute Gasteiger partial charge is 0.481 e. The van der Waals surface area contributed by atoms with Crippen molar-refractivity contribution in [2.45, 2.75) is 51.6 Å². The molecule has 1 aromatic heterocycles. The van der Waals surface area contributed by atoms with E-state index in [1.807, 2.05) is 13.8 Å². The average Bonchev–Trinajstić information content (AvgIpc) is 2.78. The standard InChI is InChI=1S/C13H20N2O4/c1-9(8-11(16)17)7-10-14-12(15-19-10)13(2)5-3-4-6-18-13/h9H,3-8H2,1-2H3,(H,16,17). The summed E-state index contributed by atoms with van der Waals surface area (Å²) in [5, 5.41) is 12.7. The van der Waals surface area contributed by atoms with Crippen molar-refractivity contribution in [1.29, 1.82) is 0 Å². The number of ether oxygens (including phenoxy) is 1. The van der Waals surface area contributed by atoms with Gasteiger partial charge >= 0.3 is 5.97 Å².